The van der Waals surface area contributed by atoms with E-state index in [2.05, 4.69) is 9.55 Å². The number of nitrogens with zero attached hydrogens (tertiary/aromatic N) is 7. The molecule has 4 aromatic heterocycles. The van der Waals surface area contributed by atoms with Crippen LogP contribution in [0.4, 0.5) is 4.39 Å². The van der Waals surface area contributed by atoms with Gasteiger partial charge in [-0.25, -0.2) is 19.3 Å². The number of hydrogen-bond acceptors (Lipinski definition) is 6. The van der Waals surface area contributed by atoms with Gasteiger partial charge in [0.1, 0.15) is 24.5 Å². The molecule has 41 heavy (non-hydrogen) atoms. The van der Waals surface area contributed by atoms with Crippen LogP contribution in [0.2, 0.25) is 0 Å². The number of nitrogens with two attached hydrogens (primary N) is 1. The Hall–Kier alpha value is -4.25. The summed E-state index contributed by atoms with van der Waals surface area (Å²) in [7, 11) is 1.87. The maximum absolute atomic E-state index is 13.3. The van der Waals surface area contributed by atoms with E-state index in [4.69, 9.17) is 25.9 Å². The summed E-state index contributed by atoms with van der Waals surface area (Å²) in [6, 6.07) is 8.28. The van der Waals surface area contributed by atoms with E-state index in [0.717, 1.165) is 28.5 Å². The second kappa shape index (κ2) is 10.3. The fourth-order valence-corrected chi connectivity index (χ4v) is 5.53. The van der Waals surface area contributed by atoms with Crippen molar-refractivity contribution in [1.82, 2.24) is 33.6 Å². The Morgan fingerprint density at radius 1 is 1.27 bits per heavy atom. The quantitative estimate of drug-likeness (QED) is 0.280. The molecule has 0 spiro atoms. The lowest BCUT2D eigenvalue weighted by atomic mass is 10.0. The fraction of sp³-hybridized carbons (Fsp3) is 0.400. The Balaban J connectivity index is 1.31. The number of pyridine rings is 1. The predicted octanol–water partition coefficient (Wildman–Crippen LogP) is 3.57. The molecule has 1 fully saturated rings. The topological polar surface area (TPSA) is 109 Å². The highest BCUT2D eigenvalue weighted by molar-refractivity contribution is 5.99. The Morgan fingerprint density at radius 3 is 2.93 bits per heavy atom. The molecule has 11 heteroatoms. The number of para-hydroxylation sites is 1. The molecule has 212 valence electrons. The van der Waals surface area contributed by atoms with Gasteiger partial charge in [-0.15, -0.1) is 0 Å². The zero-order valence-electron chi connectivity index (χ0n) is 26.6. The van der Waals surface area contributed by atoms with Gasteiger partial charge in [0, 0.05) is 50.9 Å². The van der Waals surface area contributed by atoms with E-state index in [9.17, 15) is 9.18 Å². The number of fused-ring (bicyclic) bond motifs is 3. The summed E-state index contributed by atoms with van der Waals surface area (Å²) in [6.45, 7) is -4.81. The molecule has 1 aliphatic heterocycles. The number of carbonyl (C=O) groups excluding carboxylic acids is 1. The normalized spacial score (nSPS) is 18.2. The fourth-order valence-electron chi connectivity index (χ4n) is 5.53. The van der Waals surface area contributed by atoms with Gasteiger partial charge in [0.15, 0.2) is 11.5 Å². The second-order valence-corrected chi connectivity index (χ2v) is 10.8. The van der Waals surface area contributed by atoms with Gasteiger partial charge in [-0.2, -0.15) is 0 Å². The molecule has 0 radical (unpaired) electrons. The highest BCUT2D eigenvalue weighted by atomic mass is 19.1. The van der Waals surface area contributed by atoms with Gasteiger partial charge in [0.05, 0.1) is 46.8 Å². The van der Waals surface area contributed by atoms with Crippen LogP contribution < -0.4 is 10.5 Å². The van der Waals surface area contributed by atoms with Crippen molar-refractivity contribution in [3.63, 3.8) is 0 Å². The van der Waals surface area contributed by atoms with Gasteiger partial charge in [-0.1, -0.05) is 12.1 Å². The maximum atomic E-state index is 13.3. The number of benzene rings is 1. The lowest BCUT2D eigenvalue weighted by Gasteiger charge is -2.29. The minimum Gasteiger partial charge on any atom is -0.490 e. The first-order chi connectivity index (χ1) is 21.5. The van der Waals surface area contributed by atoms with E-state index in [0.29, 0.717) is 59.2 Å². The molecular weight excluding hydrogens is 523 g/mol. The van der Waals surface area contributed by atoms with Gasteiger partial charge in [0.2, 0.25) is 0 Å². The zero-order chi connectivity index (χ0) is 31.7. The molecule has 1 amide bonds. The van der Waals surface area contributed by atoms with Crippen LogP contribution in [0.25, 0.3) is 33.6 Å². The van der Waals surface area contributed by atoms with E-state index in [1.165, 1.54) is 18.7 Å². The number of carbonyl (C=O) groups is 1. The molecule has 0 saturated heterocycles. The summed E-state index contributed by atoms with van der Waals surface area (Å²) in [5.74, 6) is 1.01. The summed E-state index contributed by atoms with van der Waals surface area (Å²) in [5.41, 5.74) is 9.45. The Bertz CT molecular complexity index is 1920. The summed E-state index contributed by atoms with van der Waals surface area (Å²) in [5, 5.41) is 0.788. The highest BCUT2D eigenvalue weighted by Gasteiger charge is 2.30. The summed E-state index contributed by atoms with van der Waals surface area (Å²) in [4.78, 5) is 28.5. The molecule has 1 saturated carbocycles. The van der Waals surface area contributed by atoms with Gasteiger partial charge >= 0.3 is 0 Å². The SMILES string of the molecule is [2H]C([2H])(Oc1cccc2cc(-c3nc4cc5c(nc4n3C)CCN(C[C@H](N)CF)C5=O)n(CC3CC3)c12)C([2H])([2H])n1ccnc1. The number of ether oxygens (including phenoxy) is 1. The van der Waals surface area contributed by atoms with Crippen LogP contribution in [-0.2, 0) is 26.5 Å². The Labute approximate surface area is 242 Å². The minimum atomic E-state index is -2.74. The number of aryl methyl sites for hydroxylation is 2. The monoisotopic (exact) mass is 560 g/mol. The third-order valence-electron chi connectivity index (χ3n) is 7.80. The molecule has 0 bridgehead atoms. The van der Waals surface area contributed by atoms with Crippen LogP contribution in [0.5, 0.6) is 5.75 Å². The molecular formula is C30H33FN8O2. The van der Waals surface area contributed by atoms with Crippen molar-refractivity contribution in [2.24, 2.45) is 18.7 Å². The average molecular weight is 561 g/mol. The Kier molecular flexibility index (Phi) is 5.40. The number of amides is 1. The van der Waals surface area contributed by atoms with Crippen LogP contribution in [0, 0.1) is 5.92 Å². The molecule has 5 heterocycles. The smallest absolute Gasteiger partial charge is 0.255 e. The van der Waals surface area contributed by atoms with Gasteiger partial charge in [-0.05, 0) is 37.0 Å². The van der Waals surface area contributed by atoms with Crippen LogP contribution in [0.3, 0.4) is 0 Å². The van der Waals surface area contributed by atoms with E-state index >= 15 is 0 Å². The molecule has 2 aliphatic rings. The van der Waals surface area contributed by atoms with E-state index in [1.54, 1.807) is 23.1 Å². The van der Waals surface area contributed by atoms with Gasteiger partial charge in [-0.3, -0.25) is 4.79 Å². The van der Waals surface area contributed by atoms with E-state index in [1.807, 2.05) is 23.7 Å². The first-order valence-corrected chi connectivity index (χ1v) is 13.8. The first kappa shape index (κ1) is 21.5. The largest absolute Gasteiger partial charge is 0.490 e. The molecule has 7 rings (SSSR count). The highest BCUT2D eigenvalue weighted by Crippen LogP contribution is 2.39. The van der Waals surface area contributed by atoms with E-state index < -0.39 is 25.8 Å². The molecule has 1 atom stereocenters. The van der Waals surface area contributed by atoms with Crippen molar-refractivity contribution in [2.75, 3.05) is 26.3 Å². The number of rotatable bonds is 10. The number of halogens is 1. The van der Waals surface area contributed by atoms with Crippen molar-refractivity contribution in [3.05, 3.63) is 60.3 Å². The predicted molar refractivity (Wildman–Crippen MR) is 153 cm³/mol. The summed E-state index contributed by atoms with van der Waals surface area (Å²) >= 11 is 0. The third-order valence-corrected chi connectivity index (χ3v) is 7.80. The van der Waals surface area contributed by atoms with Crippen molar-refractivity contribution < 1.29 is 19.4 Å². The molecule has 0 unspecified atom stereocenters. The standard InChI is InChI=1S/C30H33FN8O2/c1-36-28-24(14-22-23(34-28)7-9-38(30(22)40)17-21(32)15-31)35-29(36)25-13-20-3-2-4-26(27(20)39(25)16-19-5-6-19)41-12-11-37-10-8-33-18-37/h2-4,8,10,13-14,18-19,21H,5-7,9,11-12,15-17,32H2,1H3/t21-/m1/s1/i11D2,12D2. The molecule has 1 aliphatic carbocycles. The number of alkyl halides is 1. The molecule has 1 aromatic carbocycles. The lowest BCUT2D eigenvalue weighted by Crippen LogP contribution is -2.45. The number of aromatic nitrogens is 6. The number of imidazole rings is 2. The average Bonchev–Trinajstić information content (AvgIpc) is 3.36. The molecule has 2 N–H and O–H groups in total. The zero-order valence-corrected chi connectivity index (χ0v) is 22.6. The van der Waals surface area contributed by atoms with Crippen LogP contribution >= 0.6 is 0 Å². The van der Waals surface area contributed by atoms with Crippen LogP contribution in [-0.4, -0.2) is 71.8 Å². The van der Waals surface area contributed by atoms with Crippen LogP contribution in [0.1, 0.15) is 34.4 Å². The third kappa shape index (κ3) is 4.73. The van der Waals surface area contributed by atoms with Crippen molar-refractivity contribution in [3.8, 4) is 17.3 Å². The van der Waals surface area contributed by atoms with E-state index in [-0.39, 0.29) is 18.2 Å². The van der Waals surface area contributed by atoms with Crippen molar-refractivity contribution in [2.45, 2.75) is 38.3 Å². The second-order valence-electron chi connectivity index (χ2n) is 10.8. The summed E-state index contributed by atoms with van der Waals surface area (Å²) < 4.78 is 58.2. The number of hydrogen-bond donors (Lipinski definition) is 1. The van der Waals surface area contributed by atoms with Crippen LogP contribution in [0.15, 0.2) is 49.1 Å². The van der Waals surface area contributed by atoms with Crippen molar-refractivity contribution >= 4 is 28.0 Å². The van der Waals surface area contributed by atoms with Crippen molar-refractivity contribution in [1.29, 1.82) is 0 Å². The van der Waals surface area contributed by atoms with Gasteiger partial charge in [0.25, 0.3) is 5.91 Å². The Morgan fingerprint density at radius 2 is 2.15 bits per heavy atom. The summed E-state index contributed by atoms with van der Waals surface area (Å²) in [6.07, 6.45) is 6.61. The molecule has 5 aromatic rings. The lowest BCUT2D eigenvalue weighted by molar-refractivity contribution is 0.0723. The van der Waals surface area contributed by atoms with Gasteiger partial charge < -0.3 is 29.1 Å². The first-order valence-electron chi connectivity index (χ1n) is 15.8. The maximum Gasteiger partial charge on any atom is 0.255 e. The minimum absolute atomic E-state index is 0.133. The molecule has 10 nitrogen and oxygen atoms in total.